The molecule has 0 unspecified atom stereocenters. The predicted octanol–water partition coefficient (Wildman–Crippen LogP) is 4.22. The van der Waals surface area contributed by atoms with Gasteiger partial charge in [0.25, 0.3) is 5.91 Å². The molecule has 0 atom stereocenters. The van der Waals surface area contributed by atoms with Crippen molar-refractivity contribution in [3.05, 3.63) is 34.9 Å². The summed E-state index contributed by atoms with van der Waals surface area (Å²) in [5, 5.41) is 3.12. The van der Waals surface area contributed by atoms with Crippen molar-refractivity contribution >= 4 is 17.5 Å². The third-order valence-corrected chi connectivity index (χ3v) is 5.10. The first kappa shape index (κ1) is 15.4. The highest BCUT2D eigenvalue weighted by Gasteiger charge is 2.31. The van der Waals surface area contributed by atoms with Gasteiger partial charge in [0.2, 0.25) is 0 Å². The molecule has 1 saturated carbocycles. The van der Waals surface area contributed by atoms with Gasteiger partial charge in [0.05, 0.1) is 0 Å². The summed E-state index contributed by atoms with van der Waals surface area (Å²) in [5.41, 5.74) is 2.98. The van der Waals surface area contributed by atoms with Gasteiger partial charge in [0, 0.05) is 23.4 Å². The van der Waals surface area contributed by atoms with Crippen LogP contribution in [-0.2, 0) is 0 Å². The van der Waals surface area contributed by atoms with Gasteiger partial charge in [-0.05, 0) is 37.8 Å². The van der Waals surface area contributed by atoms with Gasteiger partial charge >= 0.3 is 0 Å². The molecule has 1 aromatic carbocycles. The fraction of sp³-hybridized carbons (Fsp3) is 0.588. The molecule has 0 heterocycles. The fourth-order valence-corrected chi connectivity index (χ4v) is 3.55. The van der Waals surface area contributed by atoms with E-state index in [0.717, 1.165) is 29.5 Å². The number of hydrogen-bond donors (Lipinski definition) is 1. The van der Waals surface area contributed by atoms with Crippen LogP contribution in [-0.4, -0.2) is 18.3 Å². The summed E-state index contributed by atoms with van der Waals surface area (Å²) >= 11 is 6.18. The number of carbonyl (C=O) groups is 1. The lowest BCUT2D eigenvalue weighted by atomic mass is 9.75. The molecule has 0 bridgehead atoms. The van der Waals surface area contributed by atoms with Crippen LogP contribution >= 0.6 is 11.6 Å². The van der Waals surface area contributed by atoms with E-state index in [1.807, 2.05) is 32.0 Å². The Kier molecular flexibility index (Phi) is 5.09. The largest absolute Gasteiger partial charge is 0.351 e. The van der Waals surface area contributed by atoms with Crippen LogP contribution in [0.15, 0.2) is 18.2 Å². The van der Waals surface area contributed by atoms with Crippen LogP contribution in [0.3, 0.4) is 0 Å². The second kappa shape index (κ2) is 6.62. The molecule has 3 heteroatoms. The average Bonchev–Trinajstić information content (AvgIpc) is 2.46. The summed E-state index contributed by atoms with van der Waals surface area (Å²) in [7, 11) is 0. The number of hydrogen-bond acceptors (Lipinski definition) is 1. The second-order valence-corrected chi connectivity index (χ2v) is 6.41. The number of halogens is 1. The minimum absolute atomic E-state index is 0.0377. The van der Waals surface area contributed by atoms with E-state index in [4.69, 9.17) is 11.6 Å². The number of aryl methyl sites for hydroxylation is 2. The molecule has 1 N–H and O–H groups in total. The lowest BCUT2D eigenvalue weighted by molar-refractivity contribution is 0.0919. The van der Waals surface area contributed by atoms with Crippen molar-refractivity contribution in [2.24, 2.45) is 5.41 Å². The highest BCUT2D eigenvalue weighted by Crippen LogP contribution is 2.36. The van der Waals surface area contributed by atoms with E-state index in [-0.39, 0.29) is 11.3 Å². The summed E-state index contributed by atoms with van der Waals surface area (Å²) in [6.45, 7) is 4.67. The number of rotatable bonds is 4. The highest BCUT2D eigenvalue weighted by atomic mass is 35.5. The Hall–Kier alpha value is -1.02. The normalized spacial score (nSPS) is 17.8. The van der Waals surface area contributed by atoms with Crippen LogP contribution in [0.2, 0.25) is 0 Å². The molecule has 0 radical (unpaired) electrons. The molecule has 0 aromatic heterocycles. The van der Waals surface area contributed by atoms with Gasteiger partial charge in [0.15, 0.2) is 0 Å². The molecule has 20 heavy (non-hydrogen) atoms. The quantitative estimate of drug-likeness (QED) is 0.827. The SMILES string of the molecule is Cc1cccc(C)c1C(=O)NCC1(CCl)CCCCC1. The maximum Gasteiger partial charge on any atom is 0.251 e. The van der Waals surface area contributed by atoms with Crippen molar-refractivity contribution < 1.29 is 4.79 Å². The van der Waals surface area contributed by atoms with Crippen LogP contribution < -0.4 is 5.32 Å². The van der Waals surface area contributed by atoms with Crippen LogP contribution in [0.1, 0.15) is 53.6 Å². The summed E-state index contributed by atoms with van der Waals surface area (Å²) in [6.07, 6.45) is 6.01. The first-order chi connectivity index (χ1) is 9.58. The molecule has 2 rings (SSSR count). The van der Waals surface area contributed by atoms with Crippen molar-refractivity contribution in [1.82, 2.24) is 5.32 Å². The lowest BCUT2D eigenvalue weighted by Crippen LogP contribution is -2.40. The Labute approximate surface area is 126 Å². The average molecular weight is 294 g/mol. The van der Waals surface area contributed by atoms with E-state index in [9.17, 15) is 4.79 Å². The minimum atomic E-state index is 0.0377. The van der Waals surface area contributed by atoms with Crippen molar-refractivity contribution in [2.45, 2.75) is 46.0 Å². The Morgan fingerprint density at radius 3 is 2.35 bits per heavy atom. The smallest absolute Gasteiger partial charge is 0.251 e. The molecule has 0 aliphatic heterocycles. The first-order valence-electron chi connectivity index (χ1n) is 7.48. The van der Waals surface area contributed by atoms with Crippen molar-refractivity contribution in [3.8, 4) is 0 Å². The third-order valence-electron chi connectivity index (χ3n) is 4.53. The molecule has 110 valence electrons. The van der Waals surface area contributed by atoms with Gasteiger partial charge in [0.1, 0.15) is 0 Å². The highest BCUT2D eigenvalue weighted by molar-refractivity contribution is 6.18. The Morgan fingerprint density at radius 1 is 1.20 bits per heavy atom. The minimum Gasteiger partial charge on any atom is -0.351 e. The Balaban J connectivity index is 2.04. The summed E-state index contributed by atoms with van der Waals surface area (Å²) in [4.78, 5) is 12.4. The molecule has 1 aliphatic carbocycles. The number of benzene rings is 1. The summed E-state index contributed by atoms with van der Waals surface area (Å²) in [6, 6.07) is 5.96. The van der Waals surface area contributed by atoms with E-state index in [2.05, 4.69) is 5.32 Å². The molecule has 0 spiro atoms. The standard InChI is InChI=1S/C17H24ClNO/c1-13-7-6-8-14(2)15(13)16(20)19-12-17(11-18)9-4-3-5-10-17/h6-8H,3-5,9-12H2,1-2H3,(H,19,20). The molecule has 1 aromatic rings. The van der Waals surface area contributed by atoms with Crippen molar-refractivity contribution in [1.29, 1.82) is 0 Å². The summed E-state index contributed by atoms with van der Waals surface area (Å²) in [5.74, 6) is 0.677. The summed E-state index contributed by atoms with van der Waals surface area (Å²) < 4.78 is 0. The lowest BCUT2D eigenvalue weighted by Gasteiger charge is -2.35. The molecular formula is C17H24ClNO. The fourth-order valence-electron chi connectivity index (χ4n) is 3.19. The molecular weight excluding hydrogens is 270 g/mol. The zero-order valence-corrected chi connectivity index (χ0v) is 13.2. The zero-order valence-electron chi connectivity index (χ0n) is 12.5. The van der Waals surface area contributed by atoms with E-state index in [0.29, 0.717) is 12.4 Å². The molecule has 1 aliphatic rings. The van der Waals surface area contributed by atoms with E-state index >= 15 is 0 Å². The Morgan fingerprint density at radius 2 is 1.80 bits per heavy atom. The van der Waals surface area contributed by atoms with Gasteiger partial charge < -0.3 is 5.32 Å². The van der Waals surface area contributed by atoms with Crippen LogP contribution in [0, 0.1) is 19.3 Å². The number of carbonyl (C=O) groups excluding carboxylic acids is 1. The van der Waals surface area contributed by atoms with Gasteiger partial charge in [-0.2, -0.15) is 0 Å². The molecule has 0 saturated heterocycles. The molecule has 1 fully saturated rings. The van der Waals surface area contributed by atoms with Crippen molar-refractivity contribution in [3.63, 3.8) is 0 Å². The Bertz CT molecular complexity index is 458. The topological polar surface area (TPSA) is 29.1 Å². The number of alkyl halides is 1. The monoisotopic (exact) mass is 293 g/mol. The number of amides is 1. The molecule has 2 nitrogen and oxygen atoms in total. The van der Waals surface area contributed by atoms with Gasteiger partial charge in [-0.25, -0.2) is 0 Å². The molecule has 1 amide bonds. The van der Waals surface area contributed by atoms with Gasteiger partial charge in [-0.3, -0.25) is 4.79 Å². The maximum absolute atomic E-state index is 12.4. The predicted molar refractivity (Wildman–Crippen MR) is 84.5 cm³/mol. The van der Waals surface area contributed by atoms with Crippen molar-refractivity contribution in [2.75, 3.05) is 12.4 Å². The van der Waals surface area contributed by atoms with Crippen LogP contribution in [0.4, 0.5) is 0 Å². The third kappa shape index (κ3) is 3.35. The van der Waals surface area contributed by atoms with Crippen LogP contribution in [0.5, 0.6) is 0 Å². The maximum atomic E-state index is 12.4. The van der Waals surface area contributed by atoms with Gasteiger partial charge in [-0.15, -0.1) is 11.6 Å². The second-order valence-electron chi connectivity index (χ2n) is 6.14. The zero-order chi connectivity index (χ0) is 14.6. The number of nitrogens with one attached hydrogen (secondary N) is 1. The van der Waals surface area contributed by atoms with E-state index in [1.165, 1.54) is 19.3 Å². The first-order valence-corrected chi connectivity index (χ1v) is 8.02. The van der Waals surface area contributed by atoms with Crippen LogP contribution in [0.25, 0.3) is 0 Å². The van der Waals surface area contributed by atoms with Gasteiger partial charge in [-0.1, -0.05) is 37.5 Å². The van der Waals surface area contributed by atoms with E-state index < -0.39 is 0 Å². The van der Waals surface area contributed by atoms with E-state index in [1.54, 1.807) is 0 Å².